The Labute approximate surface area is 80.7 Å². The van der Waals surface area contributed by atoms with Gasteiger partial charge >= 0.3 is 29.6 Å². The molecule has 0 aliphatic carbocycles. The second kappa shape index (κ2) is 8.92. The average molecular weight is 142 g/mol. The molecule has 0 rings (SSSR count). The van der Waals surface area contributed by atoms with E-state index >= 15 is 0 Å². The fraction of sp³-hybridized carbons (Fsp3) is 1.00. The Morgan fingerprint density at radius 1 is 1.22 bits per heavy atom. The SMILES string of the molecule is CCOC(C)OCC.[H-].[Na+]. The van der Waals surface area contributed by atoms with Gasteiger partial charge < -0.3 is 10.9 Å². The zero-order valence-corrected chi connectivity index (χ0v) is 8.81. The van der Waals surface area contributed by atoms with E-state index in [1.165, 1.54) is 0 Å². The van der Waals surface area contributed by atoms with Crippen LogP contribution in [0.3, 0.4) is 0 Å². The van der Waals surface area contributed by atoms with Gasteiger partial charge in [0.05, 0.1) is 0 Å². The largest absolute Gasteiger partial charge is 1.00 e. The molecule has 0 spiro atoms. The number of ether oxygens (including phenoxy) is 2. The zero-order valence-electron chi connectivity index (χ0n) is 7.81. The van der Waals surface area contributed by atoms with Crippen LogP contribution in [-0.4, -0.2) is 19.5 Å². The summed E-state index contributed by atoms with van der Waals surface area (Å²) in [4.78, 5) is 0. The van der Waals surface area contributed by atoms with Crippen molar-refractivity contribution in [1.82, 2.24) is 0 Å². The molecule has 0 saturated carbocycles. The van der Waals surface area contributed by atoms with Gasteiger partial charge in [-0.25, -0.2) is 0 Å². The van der Waals surface area contributed by atoms with Crippen molar-refractivity contribution in [2.75, 3.05) is 13.2 Å². The molecule has 0 N–H and O–H groups in total. The van der Waals surface area contributed by atoms with Crippen molar-refractivity contribution >= 4 is 0 Å². The summed E-state index contributed by atoms with van der Waals surface area (Å²) in [7, 11) is 0. The molecule has 0 heterocycles. The molecule has 0 aliphatic rings. The van der Waals surface area contributed by atoms with Crippen LogP contribution in [0.2, 0.25) is 0 Å². The van der Waals surface area contributed by atoms with E-state index in [2.05, 4.69) is 0 Å². The van der Waals surface area contributed by atoms with Crippen molar-refractivity contribution in [3.8, 4) is 0 Å². The van der Waals surface area contributed by atoms with Gasteiger partial charge in [0.15, 0.2) is 6.29 Å². The van der Waals surface area contributed by atoms with Crippen LogP contribution in [0.25, 0.3) is 0 Å². The molecule has 0 amide bonds. The molecule has 9 heavy (non-hydrogen) atoms. The molecule has 0 atom stereocenters. The molecule has 0 fully saturated rings. The van der Waals surface area contributed by atoms with Crippen LogP contribution in [0.15, 0.2) is 0 Å². The Hall–Kier alpha value is 0.920. The maximum absolute atomic E-state index is 5.06. The van der Waals surface area contributed by atoms with Gasteiger partial charge in [0.2, 0.25) is 0 Å². The van der Waals surface area contributed by atoms with Crippen LogP contribution >= 0.6 is 0 Å². The third-order valence-electron chi connectivity index (χ3n) is 0.803. The molecule has 52 valence electrons. The van der Waals surface area contributed by atoms with Gasteiger partial charge in [-0.1, -0.05) is 0 Å². The van der Waals surface area contributed by atoms with Gasteiger partial charge in [-0.15, -0.1) is 0 Å². The second-order valence-electron chi connectivity index (χ2n) is 1.48. The average Bonchev–Trinajstić information content (AvgIpc) is 1.68. The maximum Gasteiger partial charge on any atom is 1.00 e. The summed E-state index contributed by atoms with van der Waals surface area (Å²) in [5.41, 5.74) is 0. The normalized spacial score (nSPS) is 9.33. The van der Waals surface area contributed by atoms with Crippen LogP contribution < -0.4 is 29.6 Å². The summed E-state index contributed by atoms with van der Waals surface area (Å²) in [6.07, 6.45) is -0.0370. The van der Waals surface area contributed by atoms with Crippen molar-refractivity contribution in [3.05, 3.63) is 0 Å². The smallest absolute Gasteiger partial charge is 1.00 e. The third kappa shape index (κ3) is 8.92. The van der Waals surface area contributed by atoms with Gasteiger partial charge in [0, 0.05) is 13.2 Å². The molecule has 0 aromatic rings. The van der Waals surface area contributed by atoms with Crippen LogP contribution in [0.5, 0.6) is 0 Å². The van der Waals surface area contributed by atoms with Gasteiger partial charge in [0.1, 0.15) is 0 Å². The van der Waals surface area contributed by atoms with Crippen molar-refractivity contribution in [2.24, 2.45) is 0 Å². The topological polar surface area (TPSA) is 18.5 Å². The first-order valence-corrected chi connectivity index (χ1v) is 3.04. The third-order valence-corrected chi connectivity index (χ3v) is 0.803. The van der Waals surface area contributed by atoms with Crippen molar-refractivity contribution in [3.63, 3.8) is 0 Å². The Bertz CT molecular complexity index is 49.0. The first kappa shape index (κ1) is 12.6. The molecule has 0 radical (unpaired) electrons. The Kier molecular flexibility index (Phi) is 12.5. The zero-order chi connectivity index (χ0) is 6.41. The van der Waals surface area contributed by atoms with Gasteiger partial charge in [-0.2, -0.15) is 0 Å². The standard InChI is InChI=1S/C6H14O2.Na.H/c1-4-7-6(3)8-5-2;;/h6H,4-5H2,1-3H3;;/q;+1;-1. The summed E-state index contributed by atoms with van der Waals surface area (Å²) < 4.78 is 10.1. The van der Waals surface area contributed by atoms with E-state index in [9.17, 15) is 0 Å². The predicted octanol–water partition coefficient (Wildman–Crippen LogP) is -1.48. The minimum Gasteiger partial charge on any atom is -1.00 e. The van der Waals surface area contributed by atoms with Crippen molar-refractivity contribution in [1.29, 1.82) is 0 Å². The first-order valence-electron chi connectivity index (χ1n) is 3.04. The summed E-state index contributed by atoms with van der Waals surface area (Å²) in [5.74, 6) is 0. The molecule has 3 heteroatoms. The van der Waals surface area contributed by atoms with E-state index in [1.54, 1.807) is 0 Å². The fourth-order valence-corrected chi connectivity index (χ4v) is 0.518. The molecule has 0 aliphatic heterocycles. The van der Waals surface area contributed by atoms with E-state index in [-0.39, 0.29) is 37.3 Å². The van der Waals surface area contributed by atoms with E-state index in [4.69, 9.17) is 9.47 Å². The summed E-state index contributed by atoms with van der Waals surface area (Å²) >= 11 is 0. The van der Waals surface area contributed by atoms with Crippen molar-refractivity contribution in [2.45, 2.75) is 27.1 Å². The maximum atomic E-state index is 5.06. The Morgan fingerprint density at radius 2 is 1.56 bits per heavy atom. The predicted molar refractivity (Wildman–Crippen MR) is 33.8 cm³/mol. The van der Waals surface area contributed by atoms with E-state index in [0.717, 1.165) is 13.2 Å². The van der Waals surface area contributed by atoms with E-state index < -0.39 is 0 Å². The van der Waals surface area contributed by atoms with Gasteiger partial charge in [-0.3, -0.25) is 0 Å². The molecule has 0 aromatic heterocycles. The summed E-state index contributed by atoms with van der Waals surface area (Å²) in [6, 6.07) is 0. The molecule has 0 unspecified atom stereocenters. The molecule has 0 aromatic carbocycles. The van der Waals surface area contributed by atoms with Crippen molar-refractivity contribution < 1.29 is 40.5 Å². The van der Waals surface area contributed by atoms with Gasteiger partial charge in [-0.05, 0) is 20.8 Å². The minimum atomic E-state index is -0.0370. The van der Waals surface area contributed by atoms with Crippen LogP contribution in [0, 0.1) is 0 Å². The van der Waals surface area contributed by atoms with Gasteiger partial charge in [0.25, 0.3) is 0 Å². The quantitative estimate of drug-likeness (QED) is 0.352. The minimum absolute atomic E-state index is 0. The second-order valence-corrected chi connectivity index (χ2v) is 1.48. The molecule has 0 saturated heterocycles. The van der Waals surface area contributed by atoms with Crippen LogP contribution in [0.4, 0.5) is 0 Å². The van der Waals surface area contributed by atoms with E-state index in [0.29, 0.717) is 0 Å². The molecular formula is C6H15NaO2. The number of hydrogen-bond acceptors (Lipinski definition) is 2. The Morgan fingerprint density at radius 3 is 1.78 bits per heavy atom. The van der Waals surface area contributed by atoms with Crippen LogP contribution in [0.1, 0.15) is 22.2 Å². The number of hydrogen-bond donors (Lipinski definition) is 0. The summed E-state index contributed by atoms with van der Waals surface area (Å²) in [5, 5.41) is 0. The number of rotatable bonds is 4. The first-order chi connectivity index (χ1) is 3.81. The fourth-order valence-electron chi connectivity index (χ4n) is 0.518. The van der Waals surface area contributed by atoms with Crippen LogP contribution in [-0.2, 0) is 9.47 Å². The van der Waals surface area contributed by atoms with E-state index in [1.807, 2.05) is 20.8 Å². The Balaban J connectivity index is -0.000000245. The molecule has 0 bridgehead atoms. The summed E-state index contributed by atoms with van der Waals surface area (Å²) in [6.45, 7) is 7.25. The molecular weight excluding hydrogens is 127 g/mol. The molecule has 2 nitrogen and oxygen atoms in total. The monoisotopic (exact) mass is 142 g/mol.